The highest BCUT2D eigenvalue weighted by Crippen LogP contribution is 2.57. The molecule has 0 radical (unpaired) electrons. The number of nitrogens with zero attached hydrogens (tertiary/aromatic N) is 1. The number of hydrogen-bond acceptors (Lipinski definition) is 2. The molecule has 2 N–H and O–H groups in total. The van der Waals surface area contributed by atoms with Crippen LogP contribution in [0.2, 0.25) is 0 Å². The lowest BCUT2D eigenvalue weighted by molar-refractivity contribution is -0.0962. The Kier molecular flexibility index (Phi) is 1.90. The van der Waals surface area contributed by atoms with E-state index in [1.54, 1.807) is 0 Å². The molecular formula is C11H19FN2. The van der Waals surface area contributed by atoms with Crippen LogP contribution in [0.5, 0.6) is 0 Å². The second-order valence-corrected chi connectivity index (χ2v) is 5.33. The van der Waals surface area contributed by atoms with E-state index in [0.29, 0.717) is 24.0 Å². The first-order valence-corrected chi connectivity index (χ1v) is 5.86. The molecule has 2 nitrogen and oxygen atoms in total. The molecule has 3 aliphatic rings. The lowest BCUT2D eigenvalue weighted by Crippen LogP contribution is -2.69. The molecular weight excluding hydrogens is 179 g/mol. The number of hydrogen-bond donors (Lipinski definition) is 1. The van der Waals surface area contributed by atoms with Crippen molar-refractivity contribution in [3.8, 4) is 0 Å². The molecule has 1 saturated heterocycles. The molecule has 3 atom stereocenters. The second-order valence-electron chi connectivity index (χ2n) is 5.33. The van der Waals surface area contributed by atoms with Crippen LogP contribution >= 0.6 is 0 Å². The van der Waals surface area contributed by atoms with Crippen LogP contribution in [0, 0.1) is 5.41 Å². The van der Waals surface area contributed by atoms with E-state index in [1.165, 1.54) is 19.3 Å². The molecule has 3 rings (SSSR count). The summed E-state index contributed by atoms with van der Waals surface area (Å²) >= 11 is 0. The molecule has 2 aliphatic carbocycles. The van der Waals surface area contributed by atoms with Gasteiger partial charge < -0.3 is 5.73 Å². The predicted octanol–water partition coefficient (Wildman–Crippen LogP) is 1.30. The summed E-state index contributed by atoms with van der Waals surface area (Å²) in [5, 5.41) is 0. The maximum absolute atomic E-state index is 13.1. The topological polar surface area (TPSA) is 29.3 Å². The predicted molar refractivity (Wildman–Crippen MR) is 53.8 cm³/mol. The fourth-order valence-corrected chi connectivity index (χ4v) is 3.62. The van der Waals surface area contributed by atoms with Gasteiger partial charge in [-0.15, -0.1) is 0 Å². The Morgan fingerprint density at radius 3 is 2.57 bits per heavy atom. The SMILES string of the molecule is NC1CC(N2CCC(F)C2)C12CCC2. The van der Waals surface area contributed by atoms with Crippen molar-refractivity contribution in [1.82, 2.24) is 4.90 Å². The van der Waals surface area contributed by atoms with E-state index in [-0.39, 0.29) is 0 Å². The molecule has 1 heterocycles. The summed E-state index contributed by atoms with van der Waals surface area (Å²) in [5.41, 5.74) is 6.50. The fourth-order valence-electron chi connectivity index (χ4n) is 3.62. The molecule has 14 heavy (non-hydrogen) atoms. The zero-order chi connectivity index (χ0) is 9.76. The Bertz CT molecular complexity index is 239. The van der Waals surface area contributed by atoms with Gasteiger partial charge in [-0.25, -0.2) is 4.39 Å². The summed E-state index contributed by atoms with van der Waals surface area (Å²) in [6.45, 7) is 1.62. The summed E-state index contributed by atoms with van der Waals surface area (Å²) in [4.78, 5) is 2.35. The van der Waals surface area contributed by atoms with Crippen molar-refractivity contribution in [1.29, 1.82) is 0 Å². The lowest BCUT2D eigenvalue weighted by Gasteiger charge is -2.63. The first kappa shape index (κ1) is 9.10. The number of nitrogens with two attached hydrogens (primary N) is 1. The molecule has 0 aromatic heterocycles. The molecule has 2 saturated carbocycles. The van der Waals surface area contributed by atoms with Gasteiger partial charge in [-0.1, -0.05) is 6.42 Å². The van der Waals surface area contributed by atoms with Gasteiger partial charge in [0.05, 0.1) is 0 Å². The maximum atomic E-state index is 13.1. The molecule has 3 unspecified atom stereocenters. The largest absolute Gasteiger partial charge is 0.327 e. The minimum atomic E-state index is -0.580. The third kappa shape index (κ3) is 1.03. The number of alkyl halides is 1. The van der Waals surface area contributed by atoms with Crippen molar-refractivity contribution < 1.29 is 4.39 Å². The molecule has 3 heteroatoms. The second kappa shape index (κ2) is 2.92. The lowest BCUT2D eigenvalue weighted by atomic mass is 9.49. The Hall–Kier alpha value is -0.150. The van der Waals surface area contributed by atoms with E-state index in [4.69, 9.17) is 5.73 Å². The molecule has 0 bridgehead atoms. The Morgan fingerprint density at radius 1 is 1.36 bits per heavy atom. The minimum Gasteiger partial charge on any atom is -0.327 e. The van der Waals surface area contributed by atoms with E-state index < -0.39 is 6.17 Å². The van der Waals surface area contributed by atoms with Crippen LogP contribution in [0.15, 0.2) is 0 Å². The molecule has 80 valence electrons. The van der Waals surface area contributed by atoms with E-state index in [2.05, 4.69) is 4.90 Å². The summed E-state index contributed by atoms with van der Waals surface area (Å²) in [5.74, 6) is 0. The van der Waals surface area contributed by atoms with Crippen LogP contribution in [0.25, 0.3) is 0 Å². The van der Waals surface area contributed by atoms with Crippen molar-refractivity contribution in [3.63, 3.8) is 0 Å². The van der Waals surface area contributed by atoms with E-state index in [0.717, 1.165) is 19.4 Å². The fraction of sp³-hybridized carbons (Fsp3) is 1.00. The standard InChI is InChI=1S/C11H19FN2/c12-8-2-5-14(7-8)10-6-9(13)11(10)3-1-4-11/h8-10H,1-7,13H2. The summed E-state index contributed by atoms with van der Waals surface area (Å²) in [6.07, 6.45) is 5.16. The number of likely N-dealkylation sites (tertiary alicyclic amines) is 1. The van der Waals surface area contributed by atoms with Gasteiger partial charge in [0.15, 0.2) is 0 Å². The monoisotopic (exact) mass is 198 g/mol. The van der Waals surface area contributed by atoms with E-state index >= 15 is 0 Å². The first-order chi connectivity index (χ1) is 6.72. The highest BCUT2D eigenvalue weighted by molar-refractivity contribution is 5.14. The summed E-state index contributed by atoms with van der Waals surface area (Å²) in [7, 11) is 0. The third-order valence-corrected chi connectivity index (χ3v) is 4.77. The molecule has 1 aliphatic heterocycles. The van der Waals surface area contributed by atoms with Gasteiger partial charge in [0.1, 0.15) is 6.17 Å². The van der Waals surface area contributed by atoms with Gasteiger partial charge in [0.25, 0.3) is 0 Å². The molecule has 3 fully saturated rings. The number of rotatable bonds is 1. The normalized spacial score (nSPS) is 46.3. The van der Waals surface area contributed by atoms with Crippen molar-refractivity contribution in [2.45, 2.75) is 50.4 Å². The van der Waals surface area contributed by atoms with Crippen molar-refractivity contribution in [2.24, 2.45) is 11.1 Å². The summed E-state index contributed by atoms with van der Waals surface area (Å²) < 4.78 is 13.1. The average Bonchev–Trinajstić information content (AvgIpc) is 2.44. The molecule has 1 spiro atoms. The minimum absolute atomic E-state index is 0.403. The van der Waals surface area contributed by atoms with Gasteiger partial charge in [0.2, 0.25) is 0 Å². The molecule has 0 aromatic rings. The zero-order valence-corrected chi connectivity index (χ0v) is 8.58. The van der Waals surface area contributed by atoms with E-state index in [9.17, 15) is 4.39 Å². The van der Waals surface area contributed by atoms with Crippen LogP contribution < -0.4 is 5.73 Å². The van der Waals surface area contributed by atoms with Crippen molar-refractivity contribution >= 4 is 0 Å². The Labute approximate surface area is 84.6 Å². The van der Waals surface area contributed by atoms with Gasteiger partial charge in [-0.3, -0.25) is 4.90 Å². The van der Waals surface area contributed by atoms with Gasteiger partial charge in [-0.2, -0.15) is 0 Å². The van der Waals surface area contributed by atoms with Crippen molar-refractivity contribution in [2.75, 3.05) is 13.1 Å². The van der Waals surface area contributed by atoms with Crippen LogP contribution in [0.1, 0.15) is 32.1 Å². The molecule has 0 aromatic carbocycles. The van der Waals surface area contributed by atoms with E-state index in [1.807, 2.05) is 0 Å². The van der Waals surface area contributed by atoms with Gasteiger partial charge >= 0.3 is 0 Å². The quantitative estimate of drug-likeness (QED) is 0.688. The van der Waals surface area contributed by atoms with Crippen LogP contribution in [0.3, 0.4) is 0 Å². The highest BCUT2D eigenvalue weighted by Gasteiger charge is 2.58. The Morgan fingerprint density at radius 2 is 2.14 bits per heavy atom. The van der Waals surface area contributed by atoms with Crippen molar-refractivity contribution in [3.05, 3.63) is 0 Å². The maximum Gasteiger partial charge on any atom is 0.114 e. The number of halogens is 1. The molecule has 0 amide bonds. The van der Waals surface area contributed by atoms with Gasteiger partial charge in [0, 0.05) is 30.6 Å². The zero-order valence-electron chi connectivity index (χ0n) is 8.58. The smallest absolute Gasteiger partial charge is 0.114 e. The highest BCUT2D eigenvalue weighted by atomic mass is 19.1. The average molecular weight is 198 g/mol. The first-order valence-electron chi connectivity index (χ1n) is 5.86. The van der Waals surface area contributed by atoms with Gasteiger partial charge in [-0.05, 0) is 25.7 Å². The Balaban J connectivity index is 1.69. The third-order valence-electron chi connectivity index (χ3n) is 4.77. The van der Waals surface area contributed by atoms with Crippen LogP contribution in [0.4, 0.5) is 4.39 Å². The summed E-state index contributed by atoms with van der Waals surface area (Å²) in [6, 6.07) is 1.02. The van der Waals surface area contributed by atoms with Crippen LogP contribution in [-0.4, -0.2) is 36.2 Å². The van der Waals surface area contributed by atoms with Crippen LogP contribution in [-0.2, 0) is 0 Å².